The molecule has 160 valence electrons. The summed E-state index contributed by atoms with van der Waals surface area (Å²) in [5.41, 5.74) is 1.06. The molecule has 29 heavy (non-hydrogen) atoms. The van der Waals surface area contributed by atoms with Crippen LogP contribution in [-0.4, -0.2) is 23.4 Å². The van der Waals surface area contributed by atoms with Crippen LogP contribution < -0.4 is 0 Å². The van der Waals surface area contributed by atoms with Crippen molar-refractivity contribution in [3.63, 3.8) is 0 Å². The first-order chi connectivity index (χ1) is 14.1. The highest BCUT2D eigenvalue weighted by Gasteiger charge is 2.01. The highest BCUT2D eigenvalue weighted by Crippen LogP contribution is 2.13. The summed E-state index contributed by atoms with van der Waals surface area (Å²) in [5.74, 6) is 0. The van der Waals surface area contributed by atoms with Gasteiger partial charge in [0.15, 0.2) is 0 Å². The Morgan fingerprint density at radius 1 is 0.828 bits per heavy atom. The van der Waals surface area contributed by atoms with Gasteiger partial charge >= 0.3 is 0 Å². The summed E-state index contributed by atoms with van der Waals surface area (Å²) >= 11 is 0. The van der Waals surface area contributed by atoms with Crippen molar-refractivity contribution in [1.82, 2.24) is 4.90 Å². The number of nitro groups is 1. The summed E-state index contributed by atoms with van der Waals surface area (Å²) in [6, 6.07) is 6.54. The Hall–Kier alpha value is -2.36. The van der Waals surface area contributed by atoms with E-state index in [-0.39, 0.29) is 10.6 Å². The van der Waals surface area contributed by atoms with Gasteiger partial charge in [0, 0.05) is 25.7 Å². The second-order valence-electron chi connectivity index (χ2n) is 7.60. The van der Waals surface area contributed by atoms with Crippen molar-refractivity contribution in [2.45, 2.75) is 71.1 Å². The summed E-state index contributed by atoms with van der Waals surface area (Å²) in [5, 5.41) is 10.6. The van der Waals surface area contributed by atoms with E-state index in [4.69, 9.17) is 0 Å². The fourth-order valence-corrected chi connectivity index (χ4v) is 3.12. The summed E-state index contributed by atoms with van der Waals surface area (Å²) in [7, 11) is 2.12. The quantitative estimate of drug-likeness (QED) is 0.125. The van der Waals surface area contributed by atoms with Gasteiger partial charge in [-0.1, -0.05) is 89.0 Å². The Labute approximate surface area is 177 Å². The maximum Gasteiger partial charge on any atom is 0.269 e. The van der Waals surface area contributed by atoms with Gasteiger partial charge in [0.1, 0.15) is 0 Å². The molecular formula is C25H38N2O2. The Kier molecular flexibility index (Phi) is 14.1. The van der Waals surface area contributed by atoms with Gasteiger partial charge in [-0.25, -0.2) is 0 Å². The molecule has 0 aromatic heterocycles. The average molecular weight is 399 g/mol. The van der Waals surface area contributed by atoms with E-state index in [2.05, 4.69) is 25.1 Å². The van der Waals surface area contributed by atoms with Crippen molar-refractivity contribution in [2.75, 3.05) is 13.6 Å². The zero-order chi connectivity index (χ0) is 21.2. The SMILES string of the molecule is CCCCCCCCCCCCN(C)C=CC=CC=Cc1ccc([N+](=O)[O-])cc1. The molecule has 0 fully saturated rings. The van der Waals surface area contributed by atoms with Crippen LogP contribution in [0.4, 0.5) is 5.69 Å². The van der Waals surface area contributed by atoms with E-state index in [0.717, 1.165) is 12.1 Å². The molecule has 0 saturated heterocycles. The summed E-state index contributed by atoms with van der Waals surface area (Å²) < 4.78 is 0. The van der Waals surface area contributed by atoms with Gasteiger partial charge in [-0.2, -0.15) is 0 Å². The molecule has 0 aliphatic heterocycles. The molecule has 0 aliphatic rings. The minimum Gasteiger partial charge on any atom is -0.380 e. The number of benzene rings is 1. The third-order valence-electron chi connectivity index (χ3n) is 4.93. The zero-order valence-electron chi connectivity index (χ0n) is 18.3. The molecule has 0 aliphatic carbocycles. The highest BCUT2D eigenvalue weighted by molar-refractivity contribution is 5.53. The smallest absolute Gasteiger partial charge is 0.269 e. The van der Waals surface area contributed by atoms with Crippen molar-refractivity contribution in [2.24, 2.45) is 0 Å². The van der Waals surface area contributed by atoms with Gasteiger partial charge in [-0.05, 0) is 36.4 Å². The van der Waals surface area contributed by atoms with Gasteiger partial charge in [0.25, 0.3) is 5.69 Å². The van der Waals surface area contributed by atoms with Crippen molar-refractivity contribution < 1.29 is 4.92 Å². The van der Waals surface area contributed by atoms with Crippen LogP contribution >= 0.6 is 0 Å². The molecule has 0 saturated carbocycles. The van der Waals surface area contributed by atoms with Gasteiger partial charge < -0.3 is 4.90 Å². The summed E-state index contributed by atoms with van der Waals surface area (Å²) in [6.07, 6.45) is 25.6. The average Bonchev–Trinajstić information content (AvgIpc) is 2.72. The Balaban J connectivity index is 2.07. The number of hydrogen-bond acceptors (Lipinski definition) is 3. The number of rotatable bonds is 16. The van der Waals surface area contributed by atoms with Crippen LogP contribution in [0.15, 0.2) is 54.8 Å². The van der Waals surface area contributed by atoms with E-state index < -0.39 is 0 Å². The Bertz CT molecular complexity index is 633. The molecule has 4 nitrogen and oxygen atoms in total. The molecule has 0 N–H and O–H groups in total. The number of nitrogens with zero attached hydrogens (tertiary/aromatic N) is 2. The van der Waals surface area contributed by atoms with E-state index in [1.165, 1.54) is 76.3 Å². The van der Waals surface area contributed by atoms with Crippen LogP contribution in [-0.2, 0) is 0 Å². The minimum atomic E-state index is -0.385. The number of non-ortho nitro benzene ring substituents is 1. The van der Waals surface area contributed by atoms with Crippen molar-refractivity contribution in [3.05, 3.63) is 70.4 Å². The third kappa shape index (κ3) is 13.4. The molecule has 0 radical (unpaired) electrons. The largest absolute Gasteiger partial charge is 0.380 e. The third-order valence-corrected chi connectivity index (χ3v) is 4.93. The van der Waals surface area contributed by atoms with Crippen LogP contribution in [0.25, 0.3) is 6.08 Å². The standard InChI is InChI=1S/C25H38N2O2/c1-3-4-5-6-7-8-9-10-12-15-22-26(2)23-16-13-11-14-17-24-18-20-25(21-19-24)27(28)29/h11,13-14,16-21,23H,3-10,12,15,22H2,1-2H3. The van der Waals surface area contributed by atoms with Crippen LogP contribution in [0, 0.1) is 10.1 Å². The lowest BCUT2D eigenvalue weighted by molar-refractivity contribution is -0.384. The van der Waals surface area contributed by atoms with E-state index >= 15 is 0 Å². The Morgan fingerprint density at radius 2 is 1.38 bits per heavy atom. The van der Waals surface area contributed by atoms with E-state index in [1.807, 2.05) is 30.4 Å². The molecule has 0 heterocycles. The molecule has 1 aromatic carbocycles. The van der Waals surface area contributed by atoms with Crippen LogP contribution in [0.1, 0.15) is 76.7 Å². The van der Waals surface area contributed by atoms with Crippen molar-refractivity contribution in [3.8, 4) is 0 Å². The lowest BCUT2D eigenvalue weighted by atomic mass is 10.1. The first kappa shape index (κ1) is 24.7. The first-order valence-corrected chi connectivity index (χ1v) is 11.1. The van der Waals surface area contributed by atoms with Crippen molar-refractivity contribution in [1.29, 1.82) is 0 Å². The molecule has 0 bridgehead atoms. The number of hydrogen-bond donors (Lipinski definition) is 0. The number of allylic oxidation sites excluding steroid dienone is 4. The minimum absolute atomic E-state index is 0.117. The topological polar surface area (TPSA) is 46.4 Å². The molecule has 0 unspecified atom stereocenters. The molecule has 4 heteroatoms. The second kappa shape index (κ2) is 16.6. The fraction of sp³-hybridized carbons (Fsp3) is 0.520. The van der Waals surface area contributed by atoms with Crippen LogP contribution in [0.3, 0.4) is 0 Å². The van der Waals surface area contributed by atoms with Gasteiger partial charge in [0.2, 0.25) is 0 Å². The number of unbranched alkanes of at least 4 members (excludes halogenated alkanes) is 9. The normalized spacial score (nSPS) is 11.8. The monoisotopic (exact) mass is 398 g/mol. The van der Waals surface area contributed by atoms with Gasteiger partial charge in [0.05, 0.1) is 4.92 Å². The molecule has 1 aromatic rings. The maximum atomic E-state index is 10.6. The predicted octanol–water partition coefficient (Wildman–Crippen LogP) is 7.53. The highest BCUT2D eigenvalue weighted by atomic mass is 16.6. The number of nitro benzene ring substituents is 1. The summed E-state index contributed by atoms with van der Waals surface area (Å²) in [6.45, 7) is 3.36. The molecule has 1 rings (SSSR count). The molecule has 0 spiro atoms. The molecule has 0 amide bonds. The Morgan fingerprint density at radius 3 is 1.97 bits per heavy atom. The van der Waals surface area contributed by atoms with Crippen molar-refractivity contribution >= 4 is 11.8 Å². The van der Waals surface area contributed by atoms with E-state index in [9.17, 15) is 10.1 Å². The zero-order valence-corrected chi connectivity index (χ0v) is 18.3. The van der Waals surface area contributed by atoms with Crippen LogP contribution in [0.5, 0.6) is 0 Å². The summed E-state index contributed by atoms with van der Waals surface area (Å²) in [4.78, 5) is 12.5. The lowest BCUT2D eigenvalue weighted by Crippen LogP contribution is -2.11. The molecule has 0 atom stereocenters. The fourth-order valence-electron chi connectivity index (χ4n) is 3.12. The lowest BCUT2D eigenvalue weighted by Gasteiger charge is -2.13. The maximum absolute atomic E-state index is 10.6. The predicted molar refractivity (Wildman–Crippen MR) is 125 cm³/mol. The van der Waals surface area contributed by atoms with E-state index in [0.29, 0.717) is 0 Å². The molecular weight excluding hydrogens is 360 g/mol. The second-order valence-corrected chi connectivity index (χ2v) is 7.60. The van der Waals surface area contributed by atoms with Crippen LogP contribution in [0.2, 0.25) is 0 Å². The van der Waals surface area contributed by atoms with E-state index in [1.54, 1.807) is 12.1 Å². The van der Waals surface area contributed by atoms with Gasteiger partial charge in [-0.3, -0.25) is 10.1 Å². The first-order valence-electron chi connectivity index (χ1n) is 11.1. The van der Waals surface area contributed by atoms with Gasteiger partial charge in [-0.15, -0.1) is 0 Å².